The molecule has 1 aliphatic carbocycles. The van der Waals surface area contributed by atoms with Crippen molar-refractivity contribution < 1.29 is 31.2 Å². The van der Waals surface area contributed by atoms with Crippen LogP contribution in [0.25, 0.3) is 22.2 Å². The fraction of sp³-hybridized carbons (Fsp3) is 0.391. The smallest absolute Gasteiger partial charge is 0.326 e. The molecule has 11 heteroatoms. The first kappa shape index (κ1) is 22.9. The molecule has 2 aliphatic rings. The third-order valence-corrected chi connectivity index (χ3v) is 8.40. The molecular formula is C23H22F3N3O4S. The Balaban J connectivity index is 1.55. The Morgan fingerprint density at radius 2 is 1.71 bits per heavy atom. The number of benzene rings is 1. The average molecular weight is 494 g/mol. The summed E-state index contributed by atoms with van der Waals surface area (Å²) in [5, 5.41) is 0.523. The van der Waals surface area contributed by atoms with Crippen LogP contribution in [0.1, 0.15) is 43.7 Å². The lowest BCUT2D eigenvalue weighted by atomic mass is 9.83. The summed E-state index contributed by atoms with van der Waals surface area (Å²) < 4.78 is 66.7. The minimum atomic E-state index is -5.14. The number of nitrogens with zero attached hydrogens (tertiary/aromatic N) is 3. The van der Waals surface area contributed by atoms with Gasteiger partial charge in [0.1, 0.15) is 0 Å². The standard InChI is InChI=1S/C23H22F3N3O4S/c24-23(25,26)22(30)33-29-20(16-4-3-5-16)14-19-18(10-11-27-21(19)29)15-6-8-17(9-7-15)34(31,32)28-12-1-2-13-28/h6-11,14,16H,1-5,12-13H2. The summed E-state index contributed by atoms with van der Waals surface area (Å²) in [5.74, 6) is -2.34. The Morgan fingerprint density at radius 3 is 2.29 bits per heavy atom. The van der Waals surface area contributed by atoms with Crippen LogP contribution in [0.2, 0.25) is 0 Å². The fourth-order valence-electron chi connectivity index (χ4n) is 4.45. The third kappa shape index (κ3) is 3.96. The largest absolute Gasteiger partial charge is 0.493 e. The van der Waals surface area contributed by atoms with Crippen molar-refractivity contribution in [3.8, 4) is 11.1 Å². The minimum Gasteiger partial charge on any atom is -0.326 e. The first-order valence-electron chi connectivity index (χ1n) is 11.1. The number of aromatic nitrogens is 2. The van der Waals surface area contributed by atoms with E-state index in [1.807, 2.05) is 0 Å². The van der Waals surface area contributed by atoms with Gasteiger partial charge in [0.2, 0.25) is 10.0 Å². The zero-order chi connectivity index (χ0) is 24.1. The Hall–Kier alpha value is -2.92. The van der Waals surface area contributed by atoms with E-state index in [1.165, 1.54) is 22.6 Å². The number of halogens is 3. The van der Waals surface area contributed by atoms with Gasteiger partial charge >= 0.3 is 12.1 Å². The van der Waals surface area contributed by atoms with Crippen molar-refractivity contribution in [3.63, 3.8) is 0 Å². The number of rotatable bonds is 5. The number of hydrogen-bond acceptors (Lipinski definition) is 5. The van der Waals surface area contributed by atoms with Gasteiger partial charge in [0.15, 0.2) is 5.65 Å². The summed E-state index contributed by atoms with van der Waals surface area (Å²) in [6.45, 7) is 1.01. The molecule has 1 aromatic carbocycles. The van der Waals surface area contributed by atoms with E-state index in [-0.39, 0.29) is 16.5 Å². The van der Waals surface area contributed by atoms with Gasteiger partial charge in [0.25, 0.3) is 0 Å². The quantitative estimate of drug-likeness (QED) is 0.530. The molecule has 0 radical (unpaired) electrons. The molecule has 5 rings (SSSR count). The highest BCUT2D eigenvalue weighted by molar-refractivity contribution is 7.89. The number of fused-ring (bicyclic) bond motifs is 1. The van der Waals surface area contributed by atoms with Gasteiger partial charge < -0.3 is 4.84 Å². The molecular weight excluding hydrogens is 471 g/mol. The molecule has 0 N–H and O–H groups in total. The van der Waals surface area contributed by atoms with Crippen LogP contribution in [0.3, 0.4) is 0 Å². The van der Waals surface area contributed by atoms with E-state index in [0.29, 0.717) is 35.3 Å². The maximum Gasteiger partial charge on any atom is 0.493 e. The van der Waals surface area contributed by atoms with Gasteiger partial charge in [-0.15, -0.1) is 0 Å². The van der Waals surface area contributed by atoms with Crippen molar-refractivity contribution in [1.82, 2.24) is 14.0 Å². The van der Waals surface area contributed by atoms with E-state index in [0.717, 1.165) is 36.8 Å². The number of hydrogen-bond donors (Lipinski definition) is 0. The van der Waals surface area contributed by atoms with Crippen LogP contribution < -0.4 is 4.84 Å². The molecule has 3 aromatic rings. The Morgan fingerprint density at radius 1 is 1.03 bits per heavy atom. The second kappa shape index (κ2) is 8.38. The molecule has 0 atom stereocenters. The molecule has 3 heterocycles. The molecule has 2 aromatic heterocycles. The molecule has 180 valence electrons. The van der Waals surface area contributed by atoms with Gasteiger partial charge in [-0.25, -0.2) is 18.2 Å². The molecule has 1 saturated carbocycles. The SMILES string of the molecule is O=C(On1c(C2CCC2)cc2c(-c3ccc(S(=O)(=O)N4CCCC4)cc3)ccnc21)C(F)(F)F. The van der Waals surface area contributed by atoms with E-state index < -0.39 is 22.2 Å². The summed E-state index contributed by atoms with van der Waals surface area (Å²) in [6, 6.07) is 9.80. The van der Waals surface area contributed by atoms with Crippen molar-refractivity contribution in [2.45, 2.75) is 49.1 Å². The zero-order valence-electron chi connectivity index (χ0n) is 18.1. The van der Waals surface area contributed by atoms with Gasteiger partial charge in [-0.1, -0.05) is 18.6 Å². The maximum absolute atomic E-state index is 12.9. The summed E-state index contributed by atoms with van der Waals surface area (Å²) in [5.41, 5.74) is 1.89. The van der Waals surface area contributed by atoms with Crippen molar-refractivity contribution in [3.05, 3.63) is 48.3 Å². The lowest BCUT2D eigenvalue weighted by Crippen LogP contribution is -2.34. The molecule has 1 aliphatic heterocycles. The molecule has 7 nitrogen and oxygen atoms in total. The van der Waals surface area contributed by atoms with Crippen LogP contribution in [0.5, 0.6) is 0 Å². The van der Waals surface area contributed by atoms with Crippen molar-refractivity contribution in [1.29, 1.82) is 0 Å². The summed E-state index contributed by atoms with van der Waals surface area (Å²) in [7, 11) is -3.56. The predicted molar refractivity (Wildman–Crippen MR) is 117 cm³/mol. The van der Waals surface area contributed by atoms with Gasteiger partial charge in [-0.3, -0.25) is 0 Å². The van der Waals surface area contributed by atoms with Crippen LogP contribution in [0.15, 0.2) is 47.5 Å². The molecule has 0 spiro atoms. The predicted octanol–water partition coefficient (Wildman–Crippen LogP) is 4.27. The molecule has 1 saturated heterocycles. The number of alkyl halides is 3. The first-order chi connectivity index (χ1) is 16.2. The van der Waals surface area contributed by atoms with Gasteiger partial charge in [-0.05, 0) is 61.1 Å². The van der Waals surface area contributed by atoms with Crippen LogP contribution in [0, 0.1) is 0 Å². The Labute approximate surface area is 194 Å². The van der Waals surface area contributed by atoms with E-state index in [2.05, 4.69) is 4.98 Å². The van der Waals surface area contributed by atoms with Crippen LogP contribution in [-0.2, 0) is 14.8 Å². The van der Waals surface area contributed by atoms with Crippen molar-refractivity contribution >= 4 is 27.0 Å². The van der Waals surface area contributed by atoms with E-state index in [9.17, 15) is 26.4 Å². The Kier molecular flexibility index (Phi) is 5.64. The number of carbonyl (C=O) groups excluding carboxylic acids is 1. The van der Waals surface area contributed by atoms with Crippen LogP contribution in [0.4, 0.5) is 13.2 Å². The number of sulfonamides is 1. The van der Waals surface area contributed by atoms with Gasteiger partial charge in [0, 0.05) is 30.6 Å². The van der Waals surface area contributed by atoms with E-state index in [4.69, 9.17) is 4.84 Å². The second-order valence-electron chi connectivity index (χ2n) is 8.60. The highest BCUT2D eigenvalue weighted by Crippen LogP contribution is 2.40. The number of carbonyl (C=O) groups is 1. The monoisotopic (exact) mass is 493 g/mol. The van der Waals surface area contributed by atoms with Gasteiger partial charge in [0.05, 0.1) is 10.6 Å². The lowest BCUT2D eigenvalue weighted by Gasteiger charge is -2.26. The molecule has 0 amide bonds. The highest BCUT2D eigenvalue weighted by atomic mass is 32.2. The van der Waals surface area contributed by atoms with Crippen molar-refractivity contribution in [2.24, 2.45) is 0 Å². The topological polar surface area (TPSA) is 81.5 Å². The second-order valence-corrected chi connectivity index (χ2v) is 10.5. The Bertz CT molecular complexity index is 1340. The highest BCUT2D eigenvalue weighted by Gasteiger charge is 2.43. The van der Waals surface area contributed by atoms with E-state index in [1.54, 1.807) is 24.3 Å². The van der Waals surface area contributed by atoms with Crippen LogP contribution >= 0.6 is 0 Å². The average Bonchev–Trinajstić information content (AvgIpc) is 3.42. The molecule has 0 unspecified atom stereocenters. The van der Waals surface area contributed by atoms with E-state index >= 15 is 0 Å². The minimum absolute atomic E-state index is 0.0314. The third-order valence-electron chi connectivity index (χ3n) is 6.49. The van der Waals surface area contributed by atoms with Crippen molar-refractivity contribution in [2.75, 3.05) is 13.1 Å². The molecule has 0 bridgehead atoms. The summed E-state index contributed by atoms with van der Waals surface area (Å²) in [6.07, 6.45) is 0.455. The first-order valence-corrected chi connectivity index (χ1v) is 12.5. The fourth-order valence-corrected chi connectivity index (χ4v) is 5.97. The molecule has 34 heavy (non-hydrogen) atoms. The molecule has 2 fully saturated rings. The lowest BCUT2D eigenvalue weighted by molar-refractivity contribution is -0.199. The number of pyridine rings is 1. The van der Waals surface area contributed by atoms with Crippen LogP contribution in [-0.4, -0.2) is 47.7 Å². The summed E-state index contributed by atoms with van der Waals surface area (Å²) in [4.78, 5) is 20.7. The van der Waals surface area contributed by atoms with Gasteiger partial charge in [-0.2, -0.15) is 22.2 Å². The summed E-state index contributed by atoms with van der Waals surface area (Å²) >= 11 is 0. The normalized spacial score (nSPS) is 17.7. The zero-order valence-corrected chi connectivity index (χ0v) is 18.9. The maximum atomic E-state index is 12.9.